The molecule has 3 aliphatic rings. The van der Waals surface area contributed by atoms with Crippen molar-refractivity contribution in [2.24, 2.45) is 0 Å². The van der Waals surface area contributed by atoms with E-state index in [0.29, 0.717) is 0 Å². The van der Waals surface area contributed by atoms with Crippen molar-refractivity contribution in [2.45, 2.75) is 62.6 Å². The Bertz CT molecular complexity index is 262. The van der Waals surface area contributed by atoms with Crippen LogP contribution in [0, 0.1) is 0 Å². The molecule has 3 fully saturated rings. The highest BCUT2D eigenvalue weighted by Crippen LogP contribution is 2.41. The molecule has 0 bridgehead atoms. The molecule has 2 aliphatic carbocycles. The fourth-order valence-electron chi connectivity index (χ4n) is 3.44. The van der Waals surface area contributed by atoms with Crippen LogP contribution in [0.3, 0.4) is 0 Å². The van der Waals surface area contributed by atoms with E-state index in [0.717, 1.165) is 4.99 Å². The summed E-state index contributed by atoms with van der Waals surface area (Å²) in [7, 11) is 0. The van der Waals surface area contributed by atoms with Crippen LogP contribution >= 0.6 is 12.2 Å². The Kier molecular flexibility index (Phi) is 1.90. The third-order valence-electron chi connectivity index (χ3n) is 4.18. The van der Waals surface area contributed by atoms with Crippen LogP contribution < -0.4 is 10.6 Å². The molecular formula is C11H18N2S. The minimum atomic E-state index is 0.194. The SMILES string of the molecule is S=C1NC2(CCCC2)NC12CCCC2. The molecule has 0 aromatic heterocycles. The van der Waals surface area contributed by atoms with Gasteiger partial charge in [-0.2, -0.15) is 0 Å². The molecule has 0 unspecified atom stereocenters. The maximum atomic E-state index is 5.53. The van der Waals surface area contributed by atoms with E-state index in [1.54, 1.807) is 0 Å². The van der Waals surface area contributed by atoms with Crippen LogP contribution in [0.15, 0.2) is 0 Å². The smallest absolute Gasteiger partial charge is 0.0972 e. The highest BCUT2D eigenvalue weighted by atomic mass is 32.1. The monoisotopic (exact) mass is 210 g/mol. The minimum Gasteiger partial charge on any atom is -0.360 e. The quantitative estimate of drug-likeness (QED) is 0.599. The first kappa shape index (κ1) is 9.10. The predicted octanol–water partition coefficient (Wildman–Crippen LogP) is 2.09. The Morgan fingerprint density at radius 2 is 1.50 bits per heavy atom. The number of nitrogens with one attached hydrogen (secondary N) is 2. The van der Waals surface area contributed by atoms with E-state index in [2.05, 4.69) is 10.6 Å². The van der Waals surface area contributed by atoms with E-state index in [4.69, 9.17) is 12.2 Å². The predicted molar refractivity (Wildman–Crippen MR) is 61.3 cm³/mol. The van der Waals surface area contributed by atoms with Crippen LogP contribution in [0.5, 0.6) is 0 Å². The molecule has 0 aromatic rings. The molecule has 78 valence electrons. The lowest BCUT2D eigenvalue weighted by Gasteiger charge is -2.28. The van der Waals surface area contributed by atoms with Gasteiger partial charge >= 0.3 is 0 Å². The first-order valence-electron chi connectivity index (χ1n) is 5.87. The summed E-state index contributed by atoms with van der Waals surface area (Å²) in [6.07, 6.45) is 10.4. The lowest BCUT2D eigenvalue weighted by Crippen LogP contribution is -2.51. The fraction of sp³-hybridized carbons (Fsp3) is 0.909. The lowest BCUT2D eigenvalue weighted by atomic mass is 9.98. The van der Waals surface area contributed by atoms with E-state index in [1.807, 2.05) is 0 Å². The average Bonchev–Trinajstić information content (AvgIpc) is 2.81. The zero-order valence-electron chi connectivity index (χ0n) is 8.57. The second-order valence-corrected chi connectivity index (χ2v) is 5.57. The van der Waals surface area contributed by atoms with Gasteiger partial charge in [-0.15, -0.1) is 0 Å². The van der Waals surface area contributed by atoms with Crippen LogP contribution in [0.25, 0.3) is 0 Å². The second-order valence-electron chi connectivity index (χ2n) is 5.16. The zero-order valence-corrected chi connectivity index (χ0v) is 9.38. The standard InChI is InChI=1S/C11H18N2S/c14-9-10(5-1-2-6-10)13-11(12-9)7-3-4-8-11/h13H,1-8H2,(H,12,14). The Balaban J connectivity index is 1.86. The highest BCUT2D eigenvalue weighted by Gasteiger charge is 2.52. The van der Waals surface area contributed by atoms with Gasteiger partial charge in [-0.05, 0) is 38.5 Å². The zero-order chi connectivity index (χ0) is 9.65. The average molecular weight is 210 g/mol. The van der Waals surface area contributed by atoms with E-state index >= 15 is 0 Å². The first-order chi connectivity index (χ1) is 6.75. The molecule has 0 aromatic carbocycles. The number of rotatable bonds is 0. The molecule has 2 nitrogen and oxygen atoms in total. The summed E-state index contributed by atoms with van der Waals surface area (Å²) in [5.74, 6) is 0. The molecule has 2 N–H and O–H groups in total. The van der Waals surface area contributed by atoms with Gasteiger partial charge in [0.15, 0.2) is 0 Å². The highest BCUT2D eigenvalue weighted by molar-refractivity contribution is 7.80. The van der Waals surface area contributed by atoms with Crippen LogP contribution in [-0.4, -0.2) is 16.2 Å². The molecule has 2 spiro atoms. The number of hydrogen-bond donors (Lipinski definition) is 2. The molecule has 0 radical (unpaired) electrons. The van der Waals surface area contributed by atoms with Crippen LogP contribution in [0.2, 0.25) is 0 Å². The van der Waals surface area contributed by atoms with Crippen molar-refractivity contribution in [2.75, 3.05) is 0 Å². The molecule has 2 saturated carbocycles. The third kappa shape index (κ3) is 1.15. The lowest BCUT2D eigenvalue weighted by molar-refractivity contribution is 0.290. The minimum absolute atomic E-state index is 0.194. The van der Waals surface area contributed by atoms with E-state index in [9.17, 15) is 0 Å². The van der Waals surface area contributed by atoms with Crippen LogP contribution in [-0.2, 0) is 0 Å². The molecule has 3 heteroatoms. The third-order valence-corrected chi connectivity index (χ3v) is 4.67. The van der Waals surface area contributed by atoms with Crippen molar-refractivity contribution < 1.29 is 0 Å². The van der Waals surface area contributed by atoms with E-state index < -0.39 is 0 Å². The van der Waals surface area contributed by atoms with Gasteiger partial charge in [0.2, 0.25) is 0 Å². The molecule has 1 saturated heterocycles. The van der Waals surface area contributed by atoms with Crippen molar-refractivity contribution in [3.63, 3.8) is 0 Å². The molecule has 14 heavy (non-hydrogen) atoms. The van der Waals surface area contributed by atoms with Crippen LogP contribution in [0.1, 0.15) is 51.4 Å². The first-order valence-corrected chi connectivity index (χ1v) is 6.28. The van der Waals surface area contributed by atoms with Gasteiger partial charge in [0.1, 0.15) is 0 Å². The Hall–Kier alpha value is -0.150. The summed E-state index contributed by atoms with van der Waals surface area (Å²) in [5, 5.41) is 7.42. The second kappa shape index (κ2) is 2.92. The van der Waals surface area contributed by atoms with Gasteiger partial charge in [-0.25, -0.2) is 0 Å². The molecule has 0 amide bonds. The summed E-state index contributed by atoms with van der Waals surface area (Å²) >= 11 is 5.53. The molecule has 0 atom stereocenters. The maximum absolute atomic E-state index is 5.53. The van der Waals surface area contributed by atoms with Gasteiger partial charge in [-0.1, -0.05) is 25.1 Å². The maximum Gasteiger partial charge on any atom is 0.0972 e. The molecule has 1 aliphatic heterocycles. The van der Waals surface area contributed by atoms with E-state index in [1.165, 1.54) is 51.4 Å². The van der Waals surface area contributed by atoms with Crippen molar-refractivity contribution in [3.8, 4) is 0 Å². The summed E-state index contributed by atoms with van der Waals surface area (Å²) in [6.45, 7) is 0. The van der Waals surface area contributed by atoms with Gasteiger partial charge in [0, 0.05) is 0 Å². The summed E-state index contributed by atoms with van der Waals surface area (Å²) in [4.78, 5) is 1.11. The Morgan fingerprint density at radius 3 is 2.14 bits per heavy atom. The topological polar surface area (TPSA) is 24.1 Å². The molecular weight excluding hydrogens is 192 g/mol. The van der Waals surface area contributed by atoms with E-state index in [-0.39, 0.29) is 11.2 Å². The molecule has 1 heterocycles. The Labute approximate surface area is 90.8 Å². The van der Waals surface area contributed by atoms with Gasteiger partial charge in [0.05, 0.1) is 16.2 Å². The van der Waals surface area contributed by atoms with Crippen molar-refractivity contribution >= 4 is 17.2 Å². The fourth-order valence-corrected chi connectivity index (χ4v) is 3.89. The van der Waals surface area contributed by atoms with Gasteiger partial charge in [0.25, 0.3) is 0 Å². The number of thiocarbonyl (C=S) groups is 1. The van der Waals surface area contributed by atoms with Gasteiger partial charge in [-0.3, -0.25) is 5.32 Å². The summed E-state index contributed by atoms with van der Waals surface area (Å²) in [6, 6.07) is 0. The Morgan fingerprint density at radius 1 is 0.929 bits per heavy atom. The summed E-state index contributed by atoms with van der Waals surface area (Å²) in [5.41, 5.74) is 0.390. The van der Waals surface area contributed by atoms with Crippen molar-refractivity contribution in [1.82, 2.24) is 10.6 Å². The largest absolute Gasteiger partial charge is 0.360 e. The van der Waals surface area contributed by atoms with Crippen molar-refractivity contribution in [3.05, 3.63) is 0 Å². The summed E-state index contributed by atoms with van der Waals surface area (Å²) < 4.78 is 0. The van der Waals surface area contributed by atoms with Crippen molar-refractivity contribution in [1.29, 1.82) is 0 Å². The van der Waals surface area contributed by atoms with Crippen LogP contribution in [0.4, 0.5) is 0 Å². The molecule has 3 rings (SSSR count). The van der Waals surface area contributed by atoms with Gasteiger partial charge < -0.3 is 5.32 Å². The number of hydrogen-bond acceptors (Lipinski definition) is 2. The normalized spacial score (nSPS) is 33.0.